The molecule has 6 nitrogen and oxygen atoms in total. The van der Waals surface area contributed by atoms with Gasteiger partial charge >= 0.3 is 6.09 Å². The van der Waals surface area contributed by atoms with Crippen LogP contribution in [0.25, 0.3) is 0 Å². The van der Waals surface area contributed by atoms with Crippen LogP contribution in [0.5, 0.6) is 23.0 Å². The molecule has 0 aliphatic rings. The fourth-order valence-corrected chi connectivity index (χ4v) is 2.04. The molecule has 3 rings (SSSR count). The maximum atomic E-state index is 11.9. The largest absolute Gasteiger partial charge is 0.497 e. The zero-order chi connectivity index (χ0) is 17.5. The fourth-order valence-electron chi connectivity index (χ4n) is 2.04. The average Bonchev–Trinajstić information content (AvgIpc) is 2.65. The third kappa shape index (κ3) is 4.71. The van der Waals surface area contributed by atoms with Crippen molar-refractivity contribution in [2.75, 3.05) is 12.4 Å². The third-order valence-electron chi connectivity index (χ3n) is 3.26. The Morgan fingerprint density at radius 1 is 0.800 bits per heavy atom. The molecule has 126 valence electrons. The number of carbonyl (C=O) groups is 1. The minimum absolute atomic E-state index is 0.427. The second-order valence-electron chi connectivity index (χ2n) is 5.00. The first-order valence-electron chi connectivity index (χ1n) is 7.54. The van der Waals surface area contributed by atoms with Crippen LogP contribution in [0.2, 0.25) is 0 Å². The molecule has 0 unspecified atom stereocenters. The number of ether oxygens (including phenoxy) is 3. The Bertz CT molecular complexity index is 818. The van der Waals surface area contributed by atoms with E-state index in [1.165, 1.54) is 0 Å². The first kappa shape index (κ1) is 16.3. The number of pyridine rings is 1. The number of carbonyl (C=O) groups excluding carboxylic acids is 1. The summed E-state index contributed by atoms with van der Waals surface area (Å²) in [6.45, 7) is 0. The first-order chi connectivity index (χ1) is 12.2. The normalized spacial score (nSPS) is 9.96. The van der Waals surface area contributed by atoms with Crippen molar-refractivity contribution >= 4 is 11.8 Å². The van der Waals surface area contributed by atoms with Crippen molar-refractivity contribution in [1.29, 1.82) is 0 Å². The van der Waals surface area contributed by atoms with Crippen molar-refractivity contribution in [1.82, 2.24) is 4.98 Å². The molecule has 1 aromatic heterocycles. The van der Waals surface area contributed by atoms with Gasteiger partial charge in [-0.05, 0) is 60.7 Å². The van der Waals surface area contributed by atoms with Crippen molar-refractivity contribution in [2.45, 2.75) is 0 Å². The molecule has 0 atom stereocenters. The van der Waals surface area contributed by atoms with Gasteiger partial charge in [-0.1, -0.05) is 0 Å². The summed E-state index contributed by atoms with van der Waals surface area (Å²) in [6, 6.07) is 17.2. The molecule has 6 heteroatoms. The molecule has 0 saturated heterocycles. The van der Waals surface area contributed by atoms with Gasteiger partial charge in [0.05, 0.1) is 7.11 Å². The van der Waals surface area contributed by atoms with Gasteiger partial charge in [0.1, 0.15) is 23.0 Å². The lowest BCUT2D eigenvalue weighted by molar-refractivity contribution is 0.215. The van der Waals surface area contributed by atoms with E-state index in [2.05, 4.69) is 10.3 Å². The van der Waals surface area contributed by atoms with Crippen LogP contribution in [0.1, 0.15) is 0 Å². The average molecular weight is 336 g/mol. The smallest absolute Gasteiger partial charge is 0.417 e. The summed E-state index contributed by atoms with van der Waals surface area (Å²) < 4.78 is 15.9. The highest BCUT2D eigenvalue weighted by atomic mass is 16.6. The summed E-state index contributed by atoms with van der Waals surface area (Å²) >= 11 is 0. The van der Waals surface area contributed by atoms with E-state index in [4.69, 9.17) is 14.2 Å². The Morgan fingerprint density at radius 3 is 2.00 bits per heavy atom. The van der Waals surface area contributed by atoms with E-state index >= 15 is 0 Å². The Morgan fingerprint density at radius 2 is 1.36 bits per heavy atom. The van der Waals surface area contributed by atoms with Crippen molar-refractivity contribution < 1.29 is 19.0 Å². The lowest BCUT2D eigenvalue weighted by atomic mass is 10.3. The molecular weight excluding hydrogens is 320 g/mol. The highest BCUT2D eigenvalue weighted by Gasteiger charge is 2.06. The number of amides is 1. The summed E-state index contributed by atoms with van der Waals surface area (Å²) in [7, 11) is 1.57. The zero-order valence-electron chi connectivity index (χ0n) is 13.5. The zero-order valence-corrected chi connectivity index (χ0v) is 13.5. The number of benzene rings is 2. The van der Waals surface area contributed by atoms with Gasteiger partial charge in [-0.25, -0.2) is 4.79 Å². The summed E-state index contributed by atoms with van der Waals surface area (Å²) in [6.07, 6.45) is 2.73. The molecule has 0 fully saturated rings. The third-order valence-corrected chi connectivity index (χ3v) is 3.26. The fraction of sp³-hybridized carbons (Fsp3) is 0.0526. The standard InChI is InChI=1S/C19H16N2O4/c1-23-15-6-8-17(9-7-15)25-19(22)21-14-2-4-16(5-3-14)24-18-10-12-20-13-11-18/h2-13H,1H3,(H,21,22). The van der Waals surface area contributed by atoms with Crippen LogP contribution in [0.15, 0.2) is 73.1 Å². The Kier molecular flexibility index (Phi) is 5.11. The predicted molar refractivity (Wildman–Crippen MR) is 93.4 cm³/mol. The van der Waals surface area contributed by atoms with E-state index in [1.54, 1.807) is 80.2 Å². The number of anilines is 1. The second-order valence-corrected chi connectivity index (χ2v) is 5.00. The molecule has 0 aliphatic carbocycles. The van der Waals surface area contributed by atoms with Gasteiger partial charge < -0.3 is 14.2 Å². The monoisotopic (exact) mass is 336 g/mol. The molecule has 0 spiro atoms. The van der Waals surface area contributed by atoms with Crippen molar-refractivity contribution in [3.63, 3.8) is 0 Å². The number of rotatable bonds is 5. The predicted octanol–water partition coefficient (Wildman–Crippen LogP) is 4.49. The van der Waals surface area contributed by atoms with Gasteiger partial charge in [0.15, 0.2) is 0 Å². The minimum Gasteiger partial charge on any atom is -0.497 e. The summed E-state index contributed by atoms with van der Waals surface area (Å²) in [5.74, 6) is 2.46. The number of hydrogen-bond donors (Lipinski definition) is 1. The Balaban J connectivity index is 1.56. The van der Waals surface area contributed by atoms with Gasteiger partial charge in [-0.3, -0.25) is 10.3 Å². The van der Waals surface area contributed by atoms with Crippen LogP contribution >= 0.6 is 0 Å². The number of hydrogen-bond acceptors (Lipinski definition) is 5. The number of methoxy groups -OCH3 is 1. The minimum atomic E-state index is -0.576. The van der Waals surface area contributed by atoms with Crippen molar-refractivity contribution in [3.05, 3.63) is 73.1 Å². The summed E-state index contributed by atoms with van der Waals surface area (Å²) in [4.78, 5) is 15.8. The molecular formula is C19H16N2O4. The quantitative estimate of drug-likeness (QED) is 0.743. The van der Waals surface area contributed by atoms with E-state index in [1.807, 2.05) is 0 Å². The molecule has 0 saturated carbocycles. The van der Waals surface area contributed by atoms with Gasteiger partial charge in [0, 0.05) is 18.1 Å². The molecule has 0 bridgehead atoms. The molecule has 1 N–H and O–H groups in total. The van der Waals surface area contributed by atoms with Gasteiger partial charge in [-0.15, -0.1) is 0 Å². The van der Waals surface area contributed by atoms with Crippen LogP contribution in [-0.4, -0.2) is 18.2 Å². The van der Waals surface area contributed by atoms with Crippen LogP contribution in [0, 0.1) is 0 Å². The van der Waals surface area contributed by atoms with Crippen LogP contribution in [0.3, 0.4) is 0 Å². The van der Waals surface area contributed by atoms with Gasteiger partial charge in [-0.2, -0.15) is 0 Å². The van der Waals surface area contributed by atoms with Crippen LogP contribution in [0.4, 0.5) is 10.5 Å². The highest BCUT2D eigenvalue weighted by Crippen LogP contribution is 2.22. The van der Waals surface area contributed by atoms with Crippen molar-refractivity contribution in [3.8, 4) is 23.0 Å². The van der Waals surface area contributed by atoms with E-state index in [-0.39, 0.29) is 0 Å². The number of nitrogens with one attached hydrogen (secondary N) is 1. The molecule has 25 heavy (non-hydrogen) atoms. The summed E-state index contributed by atoms with van der Waals surface area (Å²) in [5, 5.41) is 2.65. The Hall–Kier alpha value is -3.54. The molecule has 0 aliphatic heterocycles. The van der Waals surface area contributed by atoms with E-state index in [0.29, 0.717) is 28.7 Å². The van der Waals surface area contributed by atoms with E-state index in [0.717, 1.165) is 0 Å². The first-order valence-corrected chi connectivity index (χ1v) is 7.54. The van der Waals surface area contributed by atoms with E-state index in [9.17, 15) is 4.79 Å². The lowest BCUT2D eigenvalue weighted by Crippen LogP contribution is -2.16. The van der Waals surface area contributed by atoms with Crippen LogP contribution < -0.4 is 19.5 Å². The van der Waals surface area contributed by atoms with Crippen LogP contribution in [-0.2, 0) is 0 Å². The molecule has 2 aromatic carbocycles. The number of aromatic nitrogens is 1. The van der Waals surface area contributed by atoms with Gasteiger partial charge in [0.2, 0.25) is 0 Å². The highest BCUT2D eigenvalue weighted by molar-refractivity contribution is 5.86. The number of nitrogens with zero attached hydrogens (tertiary/aromatic N) is 1. The second kappa shape index (κ2) is 7.83. The molecule has 3 aromatic rings. The topological polar surface area (TPSA) is 69.7 Å². The van der Waals surface area contributed by atoms with Crippen molar-refractivity contribution in [2.24, 2.45) is 0 Å². The molecule has 1 amide bonds. The maximum Gasteiger partial charge on any atom is 0.417 e. The maximum absolute atomic E-state index is 11.9. The van der Waals surface area contributed by atoms with Gasteiger partial charge in [0.25, 0.3) is 0 Å². The lowest BCUT2D eigenvalue weighted by Gasteiger charge is -2.09. The molecule has 1 heterocycles. The van der Waals surface area contributed by atoms with E-state index < -0.39 is 6.09 Å². The molecule has 0 radical (unpaired) electrons. The Labute approximate surface area is 145 Å². The SMILES string of the molecule is COc1ccc(OC(=O)Nc2ccc(Oc3ccncc3)cc2)cc1. The summed E-state index contributed by atoms with van der Waals surface area (Å²) in [5.41, 5.74) is 0.598.